The molecule has 0 radical (unpaired) electrons. The van der Waals surface area contributed by atoms with Crippen LogP contribution in [0, 0.1) is 0 Å². The third-order valence-corrected chi connectivity index (χ3v) is 3.57. The SMILES string of the molecule is CNC(C)(C)C(=O)Nc1ccc2ncsc2c1. The van der Waals surface area contributed by atoms with Gasteiger partial charge in [0.2, 0.25) is 5.91 Å². The molecule has 0 fully saturated rings. The maximum atomic E-state index is 12.0. The van der Waals surface area contributed by atoms with Gasteiger partial charge in [0.1, 0.15) is 0 Å². The quantitative estimate of drug-likeness (QED) is 0.877. The summed E-state index contributed by atoms with van der Waals surface area (Å²) in [6, 6.07) is 5.72. The first-order valence-electron chi connectivity index (χ1n) is 5.36. The number of nitrogens with zero attached hydrogens (tertiary/aromatic N) is 1. The number of hydrogen-bond donors (Lipinski definition) is 2. The Bertz CT molecular complexity index is 547. The molecule has 0 aliphatic rings. The van der Waals surface area contributed by atoms with Crippen molar-refractivity contribution in [3.8, 4) is 0 Å². The maximum Gasteiger partial charge on any atom is 0.244 e. The van der Waals surface area contributed by atoms with Crippen molar-refractivity contribution < 1.29 is 4.79 Å². The van der Waals surface area contributed by atoms with Gasteiger partial charge < -0.3 is 10.6 Å². The molecule has 0 saturated carbocycles. The molecular weight excluding hydrogens is 234 g/mol. The van der Waals surface area contributed by atoms with E-state index in [0.717, 1.165) is 15.9 Å². The standard InChI is InChI=1S/C12H15N3OS/c1-12(2,13-3)11(16)15-8-4-5-9-10(6-8)17-7-14-9/h4-7,13H,1-3H3,(H,15,16). The number of nitrogens with one attached hydrogen (secondary N) is 2. The summed E-state index contributed by atoms with van der Waals surface area (Å²) in [7, 11) is 1.77. The number of benzene rings is 1. The Balaban J connectivity index is 2.21. The molecule has 90 valence electrons. The lowest BCUT2D eigenvalue weighted by atomic mass is 10.1. The van der Waals surface area contributed by atoms with Gasteiger partial charge in [-0.25, -0.2) is 4.98 Å². The molecule has 0 aliphatic carbocycles. The van der Waals surface area contributed by atoms with Crippen molar-refractivity contribution >= 4 is 33.1 Å². The zero-order chi connectivity index (χ0) is 12.5. The van der Waals surface area contributed by atoms with Crippen LogP contribution in [0.2, 0.25) is 0 Å². The van der Waals surface area contributed by atoms with Crippen molar-refractivity contribution in [3.05, 3.63) is 23.7 Å². The van der Waals surface area contributed by atoms with Crippen molar-refractivity contribution in [1.82, 2.24) is 10.3 Å². The molecule has 2 N–H and O–H groups in total. The molecule has 0 atom stereocenters. The molecule has 2 rings (SSSR count). The van der Waals surface area contributed by atoms with Gasteiger partial charge in [0.25, 0.3) is 0 Å². The molecule has 17 heavy (non-hydrogen) atoms. The fraction of sp³-hybridized carbons (Fsp3) is 0.333. The Morgan fingerprint density at radius 3 is 2.88 bits per heavy atom. The molecular formula is C12H15N3OS. The average Bonchev–Trinajstić information content (AvgIpc) is 2.76. The monoisotopic (exact) mass is 249 g/mol. The number of rotatable bonds is 3. The number of anilines is 1. The van der Waals surface area contributed by atoms with E-state index in [1.54, 1.807) is 23.9 Å². The highest BCUT2D eigenvalue weighted by atomic mass is 32.1. The van der Waals surface area contributed by atoms with E-state index in [2.05, 4.69) is 15.6 Å². The molecule has 0 bridgehead atoms. The highest BCUT2D eigenvalue weighted by molar-refractivity contribution is 7.16. The minimum atomic E-state index is -0.581. The number of carbonyl (C=O) groups excluding carboxylic acids is 1. The van der Waals surface area contributed by atoms with E-state index in [0.29, 0.717) is 0 Å². The summed E-state index contributed by atoms with van der Waals surface area (Å²) in [4.78, 5) is 16.2. The summed E-state index contributed by atoms with van der Waals surface area (Å²) in [5.74, 6) is -0.0520. The fourth-order valence-electron chi connectivity index (χ4n) is 1.33. The number of carbonyl (C=O) groups is 1. The summed E-state index contributed by atoms with van der Waals surface area (Å²) in [6.45, 7) is 3.68. The van der Waals surface area contributed by atoms with E-state index in [-0.39, 0.29) is 5.91 Å². The molecule has 5 heteroatoms. The molecule has 2 aromatic rings. The van der Waals surface area contributed by atoms with Crippen LogP contribution in [0.3, 0.4) is 0 Å². The molecule has 0 aliphatic heterocycles. The number of aromatic nitrogens is 1. The second-order valence-corrected chi connectivity index (χ2v) is 5.25. The van der Waals surface area contributed by atoms with Crippen LogP contribution in [0.15, 0.2) is 23.7 Å². The number of fused-ring (bicyclic) bond motifs is 1. The van der Waals surface area contributed by atoms with Gasteiger partial charge in [0.05, 0.1) is 21.3 Å². The van der Waals surface area contributed by atoms with E-state index < -0.39 is 5.54 Å². The first-order valence-corrected chi connectivity index (χ1v) is 6.24. The van der Waals surface area contributed by atoms with E-state index in [9.17, 15) is 4.79 Å². The minimum absolute atomic E-state index is 0.0520. The minimum Gasteiger partial charge on any atom is -0.324 e. The smallest absolute Gasteiger partial charge is 0.244 e. The molecule has 1 aromatic carbocycles. The highest BCUT2D eigenvalue weighted by Gasteiger charge is 2.25. The van der Waals surface area contributed by atoms with E-state index in [1.165, 1.54) is 0 Å². The zero-order valence-electron chi connectivity index (χ0n) is 10.1. The molecule has 0 spiro atoms. The van der Waals surface area contributed by atoms with Crippen molar-refractivity contribution in [2.24, 2.45) is 0 Å². The first-order chi connectivity index (χ1) is 8.03. The Kier molecular flexibility index (Phi) is 3.13. The number of thiazole rings is 1. The van der Waals surface area contributed by atoms with Gasteiger partial charge in [-0.05, 0) is 39.1 Å². The summed E-state index contributed by atoms with van der Waals surface area (Å²) in [5, 5.41) is 5.86. The Morgan fingerprint density at radius 2 is 2.18 bits per heavy atom. The van der Waals surface area contributed by atoms with Gasteiger partial charge in [-0.15, -0.1) is 11.3 Å². The molecule has 0 saturated heterocycles. The van der Waals surface area contributed by atoms with Gasteiger partial charge in [-0.1, -0.05) is 0 Å². The van der Waals surface area contributed by atoms with Crippen molar-refractivity contribution in [2.75, 3.05) is 12.4 Å². The van der Waals surface area contributed by atoms with Gasteiger partial charge in [0, 0.05) is 5.69 Å². The lowest BCUT2D eigenvalue weighted by Gasteiger charge is -2.22. The lowest BCUT2D eigenvalue weighted by Crippen LogP contribution is -2.47. The topological polar surface area (TPSA) is 54.0 Å². The van der Waals surface area contributed by atoms with Crippen LogP contribution in [0.4, 0.5) is 5.69 Å². The van der Waals surface area contributed by atoms with E-state index >= 15 is 0 Å². The number of likely N-dealkylation sites (N-methyl/N-ethyl adjacent to an activating group) is 1. The van der Waals surface area contributed by atoms with Crippen LogP contribution in [0.25, 0.3) is 10.2 Å². The van der Waals surface area contributed by atoms with E-state index in [1.807, 2.05) is 32.0 Å². The van der Waals surface area contributed by atoms with Crippen LogP contribution in [0.1, 0.15) is 13.8 Å². The second-order valence-electron chi connectivity index (χ2n) is 4.36. The van der Waals surface area contributed by atoms with Crippen LogP contribution in [-0.2, 0) is 4.79 Å². The molecule has 1 heterocycles. The first kappa shape index (κ1) is 12.0. The van der Waals surface area contributed by atoms with Crippen molar-refractivity contribution in [1.29, 1.82) is 0 Å². The molecule has 1 amide bonds. The van der Waals surface area contributed by atoms with Gasteiger partial charge >= 0.3 is 0 Å². The Labute approximate surface area is 104 Å². The van der Waals surface area contributed by atoms with Crippen LogP contribution >= 0.6 is 11.3 Å². The summed E-state index contributed by atoms with van der Waals surface area (Å²) in [5.41, 5.74) is 2.98. The number of hydrogen-bond acceptors (Lipinski definition) is 4. The fourth-order valence-corrected chi connectivity index (χ4v) is 2.05. The third kappa shape index (κ3) is 2.45. The van der Waals surface area contributed by atoms with Gasteiger partial charge in [-0.3, -0.25) is 4.79 Å². The Hall–Kier alpha value is -1.46. The van der Waals surface area contributed by atoms with Crippen LogP contribution < -0.4 is 10.6 Å². The molecule has 0 unspecified atom stereocenters. The van der Waals surface area contributed by atoms with Crippen molar-refractivity contribution in [3.63, 3.8) is 0 Å². The van der Waals surface area contributed by atoms with Gasteiger partial charge in [0.15, 0.2) is 0 Å². The summed E-state index contributed by atoms with van der Waals surface area (Å²) < 4.78 is 1.07. The molecule has 4 nitrogen and oxygen atoms in total. The Morgan fingerprint density at radius 1 is 1.41 bits per heavy atom. The van der Waals surface area contributed by atoms with E-state index in [4.69, 9.17) is 0 Å². The normalized spacial score (nSPS) is 11.7. The van der Waals surface area contributed by atoms with Gasteiger partial charge in [-0.2, -0.15) is 0 Å². The largest absolute Gasteiger partial charge is 0.324 e. The maximum absolute atomic E-state index is 12.0. The molecule has 1 aromatic heterocycles. The van der Waals surface area contributed by atoms with Crippen molar-refractivity contribution in [2.45, 2.75) is 19.4 Å². The highest BCUT2D eigenvalue weighted by Crippen LogP contribution is 2.22. The van der Waals surface area contributed by atoms with Crippen LogP contribution in [0.5, 0.6) is 0 Å². The summed E-state index contributed by atoms with van der Waals surface area (Å²) in [6.07, 6.45) is 0. The number of amides is 1. The average molecular weight is 249 g/mol. The van der Waals surface area contributed by atoms with Crippen LogP contribution in [-0.4, -0.2) is 23.5 Å². The summed E-state index contributed by atoms with van der Waals surface area (Å²) >= 11 is 1.56. The predicted molar refractivity (Wildman–Crippen MR) is 71.4 cm³/mol. The zero-order valence-corrected chi connectivity index (χ0v) is 10.9. The third-order valence-electron chi connectivity index (χ3n) is 2.78. The second kappa shape index (κ2) is 4.43. The lowest BCUT2D eigenvalue weighted by molar-refractivity contribution is -0.121. The predicted octanol–water partition coefficient (Wildman–Crippen LogP) is 2.23.